The summed E-state index contributed by atoms with van der Waals surface area (Å²) in [5, 5.41) is 5.62. The van der Waals surface area contributed by atoms with Crippen LogP contribution in [-0.2, 0) is 0 Å². The molecular formula is C13H11ClN2OS. The highest BCUT2D eigenvalue weighted by Gasteiger charge is 2.12. The average molecular weight is 279 g/mol. The molecule has 0 atom stereocenters. The summed E-state index contributed by atoms with van der Waals surface area (Å²) in [5.41, 5.74) is 4.70. The molecule has 1 heterocycles. The molecule has 0 aliphatic carbocycles. The molecule has 0 bridgehead atoms. The van der Waals surface area contributed by atoms with E-state index in [9.17, 15) is 4.79 Å². The van der Waals surface area contributed by atoms with Gasteiger partial charge in [-0.05, 0) is 30.5 Å². The third kappa shape index (κ3) is 3.18. The molecule has 0 radical (unpaired) electrons. The van der Waals surface area contributed by atoms with Crippen molar-refractivity contribution in [3.05, 3.63) is 52.2 Å². The Labute approximate surface area is 114 Å². The molecule has 2 rings (SSSR count). The van der Waals surface area contributed by atoms with Gasteiger partial charge in [-0.3, -0.25) is 10.2 Å². The SMILES string of the molecule is Cc1ccc(N/N=C(/Cl)C(=O)c2cccs2)cc1. The van der Waals surface area contributed by atoms with Crippen molar-refractivity contribution in [1.82, 2.24) is 0 Å². The molecule has 2 aromatic rings. The van der Waals surface area contributed by atoms with Crippen molar-refractivity contribution >= 4 is 39.6 Å². The lowest BCUT2D eigenvalue weighted by Gasteiger charge is -2.01. The van der Waals surface area contributed by atoms with E-state index in [2.05, 4.69) is 10.5 Å². The van der Waals surface area contributed by atoms with Crippen LogP contribution in [0.15, 0.2) is 46.9 Å². The number of halogens is 1. The number of carbonyl (C=O) groups is 1. The Bertz CT molecular complexity index is 561. The molecular weight excluding hydrogens is 268 g/mol. The van der Waals surface area contributed by atoms with Crippen LogP contribution in [0.1, 0.15) is 15.2 Å². The predicted octanol–water partition coefficient (Wildman–Crippen LogP) is 3.90. The second kappa shape index (κ2) is 5.80. The number of carbonyl (C=O) groups excluding carboxylic acids is 1. The van der Waals surface area contributed by atoms with Gasteiger partial charge in [-0.1, -0.05) is 35.4 Å². The second-order valence-electron chi connectivity index (χ2n) is 3.69. The molecule has 0 unspecified atom stereocenters. The lowest BCUT2D eigenvalue weighted by molar-refractivity contribution is 0.107. The van der Waals surface area contributed by atoms with Gasteiger partial charge in [-0.2, -0.15) is 5.10 Å². The van der Waals surface area contributed by atoms with Gasteiger partial charge in [0.25, 0.3) is 0 Å². The number of nitrogens with one attached hydrogen (secondary N) is 1. The third-order valence-corrected chi connectivity index (χ3v) is 3.39. The molecule has 1 N–H and O–H groups in total. The number of Topliss-reactive ketones (excluding diaryl/α,β-unsaturated/α-hetero) is 1. The predicted molar refractivity (Wildman–Crippen MR) is 76.7 cm³/mol. The molecule has 3 nitrogen and oxygen atoms in total. The third-order valence-electron chi connectivity index (χ3n) is 2.27. The molecule has 1 aromatic carbocycles. The maximum atomic E-state index is 11.8. The largest absolute Gasteiger partial charge is 0.285 e. The van der Waals surface area contributed by atoms with E-state index < -0.39 is 0 Å². The Balaban J connectivity index is 2.05. The fraction of sp³-hybridized carbons (Fsp3) is 0.0769. The first-order valence-corrected chi connectivity index (χ1v) is 6.56. The first-order chi connectivity index (χ1) is 8.66. The van der Waals surface area contributed by atoms with Crippen molar-refractivity contribution in [2.75, 3.05) is 5.43 Å². The van der Waals surface area contributed by atoms with Gasteiger partial charge in [0.1, 0.15) is 0 Å². The van der Waals surface area contributed by atoms with Gasteiger partial charge in [0.05, 0.1) is 10.6 Å². The van der Waals surface area contributed by atoms with Crippen LogP contribution in [-0.4, -0.2) is 11.0 Å². The minimum Gasteiger partial charge on any atom is -0.285 e. The highest BCUT2D eigenvalue weighted by molar-refractivity contribution is 7.14. The van der Waals surface area contributed by atoms with Gasteiger partial charge >= 0.3 is 0 Å². The number of aryl methyl sites for hydroxylation is 1. The lowest BCUT2D eigenvalue weighted by atomic mass is 10.2. The van der Waals surface area contributed by atoms with Crippen LogP contribution in [0.2, 0.25) is 0 Å². The molecule has 1 aromatic heterocycles. The smallest absolute Gasteiger partial charge is 0.234 e. The summed E-state index contributed by atoms with van der Waals surface area (Å²) in [5.74, 6) is -0.272. The van der Waals surface area contributed by atoms with Crippen LogP contribution in [0, 0.1) is 6.92 Å². The number of nitrogens with zero attached hydrogens (tertiary/aromatic N) is 1. The van der Waals surface area contributed by atoms with Crippen molar-refractivity contribution in [1.29, 1.82) is 0 Å². The first kappa shape index (κ1) is 12.8. The van der Waals surface area contributed by atoms with Gasteiger partial charge in [-0.15, -0.1) is 11.3 Å². The number of rotatable bonds is 4. The van der Waals surface area contributed by atoms with E-state index in [0.29, 0.717) is 4.88 Å². The van der Waals surface area contributed by atoms with Crippen LogP contribution in [0.4, 0.5) is 5.69 Å². The van der Waals surface area contributed by atoms with Crippen LogP contribution in [0.25, 0.3) is 0 Å². The zero-order valence-corrected chi connectivity index (χ0v) is 11.3. The van der Waals surface area contributed by atoms with Crippen molar-refractivity contribution in [3.8, 4) is 0 Å². The fourth-order valence-electron chi connectivity index (χ4n) is 1.30. The Morgan fingerprint density at radius 2 is 2.00 bits per heavy atom. The highest BCUT2D eigenvalue weighted by Crippen LogP contribution is 2.13. The van der Waals surface area contributed by atoms with Crippen molar-refractivity contribution < 1.29 is 4.79 Å². The van der Waals surface area contributed by atoms with E-state index in [1.165, 1.54) is 11.3 Å². The molecule has 0 spiro atoms. The molecule has 0 saturated carbocycles. The Morgan fingerprint density at radius 3 is 2.61 bits per heavy atom. The minimum atomic E-state index is -0.272. The standard InChI is InChI=1S/C13H11ClN2OS/c1-9-4-6-10(7-5-9)15-16-13(14)12(17)11-3-2-8-18-11/h2-8,15H,1H3/b16-13+. The number of benzene rings is 1. The number of thiophene rings is 1. The maximum Gasteiger partial charge on any atom is 0.234 e. The van der Waals surface area contributed by atoms with E-state index in [1.807, 2.05) is 36.6 Å². The summed E-state index contributed by atoms with van der Waals surface area (Å²) in [6.07, 6.45) is 0. The summed E-state index contributed by atoms with van der Waals surface area (Å²) in [4.78, 5) is 12.4. The second-order valence-corrected chi connectivity index (χ2v) is 4.99. The van der Waals surface area contributed by atoms with Crippen LogP contribution >= 0.6 is 22.9 Å². The normalized spacial score (nSPS) is 11.3. The summed E-state index contributed by atoms with van der Waals surface area (Å²) in [6, 6.07) is 11.2. The van der Waals surface area contributed by atoms with Crippen LogP contribution in [0.3, 0.4) is 0 Å². The van der Waals surface area contributed by atoms with Crippen molar-refractivity contribution in [2.24, 2.45) is 5.10 Å². The first-order valence-electron chi connectivity index (χ1n) is 5.31. The number of ketones is 1. The molecule has 92 valence electrons. The van der Waals surface area contributed by atoms with E-state index in [-0.39, 0.29) is 11.0 Å². The van der Waals surface area contributed by atoms with Gasteiger partial charge in [0.15, 0.2) is 5.17 Å². The van der Waals surface area contributed by atoms with Gasteiger partial charge in [-0.25, -0.2) is 0 Å². The van der Waals surface area contributed by atoms with Crippen LogP contribution in [0.5, 0.6) is 0 Å². The molecule has 18 heavy (non-hydrogen) atoms. The topological polar surface area (TPSA) is 41.5 Å². The zero-order chi connectivity index (χ0) is 13.0. The quantitative estimate of drug-likeness (QED) is 0.523. The van der Waals surface area contributed by atoms with Gasteiger partial charge in [0.2, 0.25) is 5.78 Å². The molecule has 5 heteroatoms. The van der Waals surface area contributed by atoms with E-state index in [1.54, 1.807) is 12.1 Å². The van der Waals surface area contributed by atoms with Gasteiger partial charge in [0, 0.05) is 0 Å². The van der Waals surface area contributed by atoms with Gasteiger partial charge < -0.3 is 0 Å². The van der Waals surface area contributed by atoms with E-state index in [4.69, 9.17) is 11.6 Å². The van der Waals surface area contributed by atoms with E-state index >= 15 is 0 Å². The van der Waals surface area contributed by atoms with Crippen LogP contribution < -0.4 is 5.43 Å². The summed E-state index contributed by atoms with van der Waals surface area (Å²) < 4.78 is 0. The summed E-state index contributed by atoms with van der Waals surface area (Å²) in [6.45, 7) is 2.00. The fourth-order valence-corrected chi connectivity index (χ4v) is 2.17. The van der Waals surface area contributed by atoms with Crippen molar-refractivity contribution in [3.63, 3.8) is 0 Å². The average Bonchev–Trinajstić information content (AvgIpc) is 2.90. The maximum absolute atomic E-state index is 11.8. The minimum absolute atomic E-state index is 0.0713. The Kier molecular flexibility index (Phi) is 4.12. The molecule has 0 amide bonds. The molecule has 0 aliphatic rings. The summed E-state index contributed by atoms with van der Waals surface area (Å²) >= 11 is 7.19. The Morgan fingerprint density at radius 1 is 1.28 bits per heavy atom. The number of hydrogen-bond acceptors (Lipinski definition) is 4. The molecule has 0 saturated heterocycles. The molecule has 0 fully saturated rings. The number of anilines is 1. The number of hydrazone groups is 1. The highest BCUT2D eigenvalue weighted by atomic mass is 35.5. The molecule has 0 aliphatic heterocycles. The zero-order valence-electron chi connectivity index (χ0n) is 9.68. The monoisotopic (exact) mass is 278 g/mol. The Hall–Kier alpha value is -1.65. The summed E-state index contributed by atoms with van der Waals surface area (Å²) in [7, 11) is 0. The van der Waals surface area contributed by atoms with Crippen molar-refractivity contribution in [2.45, 2.75) is 6.92 Å². The van der Waals surface area contributed by atoms with E-state index in [0.717, 1.165) is 11.3 Å². The lowest BCUT2D eigenvalue weighted by Crippen LogP contribution is -2.08. The number of hydrogen-bond donors (Lipinski definition) is 1.